The molecular weight excluding hydrogens is 1310 g/mol. The number of carbonyl (C=O) groups is 4. The Morgan fingerprint density at radius 1 is 0.290 bits per heavy atom. The van der Waals surface area contributed by atoms with Crippen LogP contribution >= 0.6 is 15.6 Å². The highest BCUT2D eigenvalue weighted by molar-refractivity contribution is 7.47. The summed E-state index contributed by atoms with van der Waals surface area (Å²) >= 11 is 0. The van der Waals surface area contributed by atoms with Crippen molar-refractivity contribution in [3.63, 3.8) is 0 Å². The Kier molecular flexibility index (Phi) is 69.1. The quantitative estimate of drug-likeness (QED) is 0.0169. The molecule has 0 aromatic heterocycles. The highest BCUT2D eigenvalue weighted by atomic mass is 31.2. The molecule has 100 heavy (non-hydrogen) atoms. The van der Waals surface area contributed by atoms with E-state index in [0.29, 0.717) is 32.1 Å². The molecule has 0 fully saturated rings. The van der Waals surface area contributed by atoms with Gasteiger partial charge in [-0.05, 0) is 122 Å². The normalized spacial score (nSPS) is 14.7. The first kappa shape index (κ1) is 95.2. The Morgan fingerprint density at radius 3 is 0.900 bits per heavy atom. The molecule has 0 rings (SSSR count). The molecule has 0 aliphatic carbocycles. The van der Waals surface area contributed by atoms with Crippen LogP contribution in [-0.4, -0.2) is 96.7 Å². The molecule has 0 saturated heterocycles. The van der Waals surface area contributed by atoms with Crippen LogP contribution < -0.4 is 0 Å². The van der Waals surface area contributed by atoms with Gasteiger partial charge in [-0.3, -0.25) is 37.3 Å². The van der Waals surface area contributed by atoms with Crippen molar-refractivity contribution in [2.45, 2.75) is 316 Å². The fourth-order valence-electron chi connectivity index (χ4n) is 9.83. The molecule has 0 bridgehead atoms. The number of allylic oxidation sites excluding steroid dienone is 22. The SMILES string of the molecule is CC/C=C\C/C=C\C/C=C\C/C=C\C/C=C\C/C=C\CCC(=O)OCC(COP(=O)(O)OCC(O)COP(=O)(O)OCC(COC(=O)CCCCCCCCC/C=C\C/C=C\C/C=C\CC)OC(=O)CCCCCCCCCCCCC)OC(=O)CCCCCCC/C=C\C/C=C\CCC. The number of aliphatic hydroxyl groups is 1. The van der Waals surface area contributed by atoms with Gasteiger partial charge in [-0.2, -0.15) is 0 Å². The first-order valence-electron chi connectivity index (χ1n) is 38.4. The fraction of sp³-hybridized carbons (Fsp3) is 0.679. The number of rotatable bonds is 71. The summed E-state index contributed by atoms with van der Waals surface area (Å²) in [4.78, 5) is 72.8. The molecule has 17 nitrogen and oxygen atoms in total. The van der Waals surface area contributed by atoms with Crippen molar-refractivity contribution >= 4 is 39.5 Å². The molecule has 0 aliphatic heterocycles. The van der Waals surface area contributed by atoms with Gasteiger partial charge in [-0.25, -0.2) is 9.13 Å². The van der Waals surface area contributed by atoms with Gasteiger partial charge in [0.25, 0.3) is 0 Å². The van der Waals surface area contributed by atoms with Gasteiger partial charge >= 0.3 is 39.5 Å². The Bertz CT molecular complexity index is 2420. The molecule has 0 saturated carbocycles. The van der Waals surface area contributed by atoms with Gasteiger partial charge in [-0.1, -0.05) is 283 Å². The van der Waals surface area contributed by atoms with Crippen molar-refractivity contribution < 1.29 is 80.2 Å². The van der Waals surface area contributed by atoms with Crippen molar-refractivity contribution in [2.75, 3.05) is 39.6 Å². The van der Waals surface area contributed by atoms with Crippen molar-refractivity contribution in [1.82, 2.24) is 0 Å². The summed E-state index contributed by atoms with van der Waals surface area (Å²) in [6, 6.07) is 0. The second-order valence-corrected chi connectivity index (χ2v) is 28.1. The number of carbonyl (C=O) groups excluding carboxylic acids is 4. The highest BCUT2D eigenvalue weighted by Crippen LogP contribution is 2.45. The third-order valence-electron chi connectivity index (χ3n) is 15.6. The molecular formula is C81H136O17P2. The average Bonchev–Trinajstić information content (AvgIpc) is 0.940. The highest BCUT2D eigenvalue weighted by Gasteiger charge is 2.30. The van der Waals surface area contributed by atoms with E-state index in [1.165, 1.54) is 38.5 Å². The second kappa shape index (κ2) is 72.5. The van der Waals surface area contributed by atoms with E-state index in [9.17, 15) is 43.2 Å². The number of unbranched alkanes of at least 4 members (excludes halogenated alkanes) is 23. The Balaban J connectivity index is 5.38. The fourth-order valence-corrected chi connectivity index (χ4v) is 11.4. The predicted molar refractivity (Wildman–Crippen MR) is 408 cm³/mol. The molecule has 0 aliphatic rings. The first-order valence-corrected chi connectivity index (χ1v) is 41.4. The van der Waals surface area contributed by atoms with Crippen molar-refractivity contribution in [3.05, 3.63) is 134 Å². The predicted octanol–water partition coefficient (Wildman–Crippen LogP) is 22.1. The maximum Gasteiger partial charge on any atom is 0.472 e. The van der Waals surface area contributed by atoms with Gasteiger partial charge in [-0.15, -0.1) is 0 Å². The topological polar surface area (TPSA) is 237 Å². The molecule has 0 spiro atoms. The Morgan fingerprint density at radius 2 is 0.560 bits per heavy atom. The van der Waals surface area contributed by atoms with E-state index in [-0.39, 0.29) is 25.7 Å². The Labute approximate surface area is 605 Å². The van der Waals surface area contributed by atoms with Crippen molar-refractivity contribution in [1.29, 1.82) is 0 Å². The monoisotopic (exact) mass is 1440 g/mol. The molecule has 5 atom stereocenters. The van der Waals surface area contributed by atoms with Crippen LogP contribution in [0.15, 0.2) is 134 Å². The van der Waals surface area contributed by atoms with Gasteiger partial charge in [0.1, 0.15) is 19.3 Å². The maximum atomic E-state index is 13.1. The van der Waals surface area contributed by atoms with Crippen LogP contribution in [0.3, 0.4) is 0 Å². The van der Waals surface area contributed by atoms with E-state index >= 15 is 0 Å². The van der Waals surface area contributed by atoms with E-state index < -0.39 is 97.5 Å². The lowest BCUT2D eigenvalue weighted by atomic mass is 10.1. The van der Waals surface area contributed by atoms with Gasteiger partial charge in [0, 0.05) is 25.7 Å². The molecule has 0 amide bonds. The van der Waals surface area contributed by atoms with Crippen molar-refractivity contribution in [2.24, 2.45) is 0 Å². The zero-order valence-electron chi connectivity index (χ0n) is 62.3. The molecule has 5 unspecified atom stereocenters. The van der Waals surface area contributed by atoms with Crippen LogP contribution in [0.1, 0.15) is 297 Å². The Hall–Kier alpha value is -4.80. The number of ether oxygens (including phenoxy) is 4. The summed E-state index contributed by atoms with van der Waals surface area (Å²) in [6.07, 6.45) is 80.3. The third kappa shape index (κ3) is 71.6. The number of phosphoric ester groups is 2. The average molecular weight is 1440 g/mol. The lowest BCUT2D eigenvalue weighted by molar-refractivity contribution is -0.161. The van der Waals surface area contributed by atoms with E-state index in [2.05, 4.69) is 143 Å². The summed E-state index contributed by atoms with van der Waals surface area (Å²) in [7, 11) is -9.98. The van der Waals surface area contributed by atoms with Crippen LogP contribution in [0.5, 0.6) is 0 Å². The zero-order valence-corrected chi connectivity index (χ0v) is 64.1. The van der Waals surface area contributed by atoms with Crippen LogP contribution in [0.4, 0.5) is 0 Å². The molecule has 0 heterocycles. The van der Waals surface area contributed by atoms with Crippen LogP contribution in [0.25, 0.3) is 0 Å². The summed E-state index contributed by atoms with van der Waals surface area (Å²) in [5.74, 6) is -2.30. The molecule has 0 radical (unpaired) electrons. The van der Waals surface area contributed by atoms with Crippen LogP contribution in [-0.2, 0) is 65.4 Å². The minimum Gasteiger partial charge on any atom is -0.462 e. The first-order chi connectivity index (χ1) is 48.7. The van der Waals surface area contributed by atoms with Gasteiger partial charge in [0.05, 0.1) is 26.4 Å². The van der Waals surface area contributed by atoms with Gasteiger partial charge in [0.2, 0.25) is 0 Å². The number of hydrogen-bond acceptors (Lipinski definition) is 15. The standard InChI is InChI=1S/C81H136O17P2/c1-5-9-13-17-21-25-29-32-34-36-37-39-41-44-47-50-54-58-62-66-79(84)92-72-77(98-81(86)68-64-60-56-52-48-42-31-27-23-19-15-11-7-3)74-96-100(89,90)94-70-75(82)69-93-99(87,88)95-73-76(97-80(85)67-63-59-55-51-45-28-24-20-16-12-8-4)71-91-78(83)65-61-57-53-49-46-43-40-38-35-33-30-26-22-18-14-10-6-2/h9-10,13-15,19,21-22,25-27,31-35,37,39,44,47,54,58,75-77,82H,5-8,11-12,16-18,20,23-24,28-30,36,38,40-43,45-46,48-53,55-57,59-74H2,1-4H3,(H,87,88)(H,89,90)/b13-9-,14-10-,19-15-,25-21-,26-22-,31-27-,34-32-,35-33-,39-37-,47-44-,58-54-. The summed E-state index contributed by atoms with van der Waals surface area (Å²) in [5, 5.41) is 10.6. The third-order valence-corrected chi connectivity index (χ3v) is 17.5. The van der Waals surface area contributed by atoms with E-state index in [4.69, 9.17) is 37.0 Å². The lowest BCUT2D eigenvalue weighted by Gasteiger charge is -2.21. The minimum atomic E-state index is -5.00. The summed E-state index contributed by atoms with van der Waals surface area (Å²) < 4.78 is 68.4. The number of phosphoric acid groups is 2. The van der Waals surface area contributed by atoms with E-state index in [1.807, 2.05) is 18.2 Å². The molecule has 19 heteroatoms. The molecule has 3 N–H and O–H groups in total. The second-order valence-electron chi connectivity index (χ2n) is 25.2. The molecule has 0 aromatic rings. The van der Waals surface area contributed by atoms with Crippen LogP contribution in [0.2, 0.25) is 0 Å². The van der Waals surface area contributed by atoms with Crippen LogP contribution in [0, 0.1) is 0 Å². The lowest BCUT2D eigenvalue weighted by Crippen LogP contribution is -2.30. The minimum absolute atomic E-state index is 0.0305. The summed E-state index contributed by atoms with van der Waals surface area (Å²) in [5.41, 5.74) is 0. The summed E-state index contributed by atoms with van der Waals surface area (Å²) in [6.45, 7) is 4.46. The number of esters is 4. The zero-order chi connectivity index (χ0) is 73.2. The van der Waals surface area contributed by atoms with Gasteiger partial charge in [0.15, 0.2) is 12.2 Å². The maximum absolute atomic E-state index is 13.1. The largest absolute Gasteiger partial charge is 0.472 e. The molecule has 0 aromatic carbocycles. The number of hydrogen-bond donors (Lipinski definition) is 3. The smallest absolute Gasteiger partial charge is 0.462 e. The van der Waals surface area contributed by atoms with E-state index in [1.54, 1.807) is 0 Å². The van der Waals surface area contributed by atoms with Gasteiger partial charge < -0.3 is 33.8 Å². The van der Waals surface area contributed by atoms with E-state index in [0.717, 1.165) is 173 Å². The van der Waals surface area contributed by atoms with Crippen molar-refractivity contribution in [3.8, 4) is 0 Å². The molecule has 572 valence electrons. The number of aliphatic hydroxyl groups excluding tert-OH is 1.